The fraction of sp³-hybridized carbons (Fsp3) is 0.160. The Morgan fingerprint density at radius 3 is 2.23 bits per heavy atom. The van der Waals surface area contributed by atoms with Crippen LogP contribution in [0.25, 0.3) is 11.0 Å². The average molecular weight is 481 g/mol. The van der Waals surface area contributed by atoms with Gasteiger partial charge in [-0.25, -0.2) is 13.8 Å². The lowest BCUT2D eigenvalue weighted by atomic mass is 10.1. The van der Waals surface area contributed by atoms with Gasteiger partial charge in [0.1, 0.15) is 34.2 Å². The molecule has 0 radical (unpaired) electrons. The lowest BCUT2D eigenvalue weighted by Crippen LogP contribution is -2.25. The maximum atomic E-state index is 14.4. The number of carbonyl (C=O) groups excluding carboxylic acids is 1. The fourth-order valence-corrected chi connectivity index (χ4v) is 3.58. The second-order valence-electron chi connectivity index (χ2n) is 7.48. The number of carbonyl (C=O) groups is 1. The summed E-state index contributed by atoms with van der Waals surface area (Å²) in [4.78, 5) is 30.6. The molecule has 2 heterocycles. The Kier molecular flexibility index (Phi) is 6.63. The maximum Gasteiger partial charge on any atom is 0.261 e. The first-order valence-corrected chi connectivity index (χ1v) is 10.4. The van der Waals surface area contributed by atoms with Crippen LogP contribution >= 0.6 is 0 Å². The molecule has 0 aliphatic rings. The normalized spacial score (nSPS) is 10.8. The Labute approximate surface area is 198 Å². The zero-order valence-electron chi connectivity index (χ0n) is 19.1. The minimum atomic E-state index is -0.757. The summed E-state index contributed by atoms with van der Waals surface area (Å²) in [7, 11) is 4.31. The molecule has 1 N–H and O–H groups in total. The van der Waals surface area contributed by atoms with Crippen molar-refractivity contribution in [1.29, 1.82) is 0 Å². The summed E-state index contributed by atoms with van der Waals surface area (Å²) in [6, 6.07) is 11.3. The summed E-state index contributed by atoms with van der Waals surface area (Å²) in [5, 5.41) is 2.64. The van der Waals surface area contributed by atoms with Crippen LogP contribution in [0, 0.1) is 11.6 Å². The first-order chi connectivity index (χ1) is 16.8. The molecule has 2 aromatic heterocycles. The van der Waals surface area contributed by atoms with Gasteiger partial charge in [0.2, 0.25) is 11.3 Å². The number of halogens is 2. The number of aromatic nitrogens is 2. The molecular weight excluding hydrogens is 460 g/mol. The Hall–Kier alpha value is -4.47. The van der Waals surface area contributed by atoms with E-state index in [1.54, 1.807) is 18.2 Å². The topological polar surface area (TPSA) is 91.7 Å². The van der Waals surface area contributed by atoms with Crippen LogP contribution in [0.3, 0.4) is 0 Å². The number of nitrogens with one attached hydrogen (secondary N) is 1. The number of anilines is 1. The van der Waals surface area contributed by atoms with E-state index in [1.165, 1.54) is 50.3 Å². The molecule has 1 amide bonds. The van der Waals surface area contributed by atoms with Crippen molar-refractivity contribution in [3.8, 4) is 17.4 Å². The Balaban J connectivity index is 1.84. The third-order valence-corrected chi connectivity index (χ3v) is 5.36. The van der Waals surface area contributed by atoms with E-state index in [2.05, 4.69) is 10.3 Å². The number of ether oxygens (including phenoxy) is 3. The first kappa shape index (κ1) is 23.7. The van der Waals surface area contributed by atoms with E-state index in [0.717, 1.165) is 12.1 Å². The van der Waals surface area contributed by atoms with E-state index in [4.69, 9.17) is 14.2 Å². The minimum absolute atomic E-state index is 0.0861. The van der Waals surface area contributed by atoms with Crippen LogP contribution in [0.5, 0.6) is 17.4 Å². The zero-order valence-corrected chi connectivity index (χ0v) is 19.1. The van der Waals surface area contributed by atoms with Crippen LogP contribution in [0.4, 0.5) is 14.5 Å². The molecule has 0 saturated carbocycles. The maximum absolute atomic E-state index is 14.4. The summed E-state index contributed by atoms with van der Waals surface area (Å²) >= 11 is 0. The van der Waals surface area contributed by atoms with E-state index in [0.29, 0.717) is 17.2 Å². The fourth-order valence-electron chi connectivity index (χ4n) is 3.58. The van der Waals surface area contributed by atoms with Crippen molar-refractivity contribution in [3.05, 3.63) is 87.7 Å². The second kappa shape index (κ2) is 9.80. The SMILES string of the molecule is COc1cc(NC(=O)c2cn(Cc3c(F)cccc3F)c3ccc(OC)nc3c2=O)cc(OC)c1. The van der Waals surface area contributed by atoms with Gasteiger partial charge in [-0.05, 0) is 18.2 Å². The summed E-state index contributed by atoms with van der Waals surface area (Å²) in [6.07, 6.45) is 1.25. The van der Waals surface area contributed by atoms with E-state index in [1.807, 2.05) is 0 Å². The number of methoxy groups -OCH3 is 3. The number of fused-ring (bicyclic) bond motifs is 1. The van der Waals surface area contributed by atoms with Gasteiger partial charge in [-0.3, -0.25) is 9.59 Å². The molecule has 0 atom stereocenters. The molecule has 10 heteroatoms. The summed E-state index contributed by atoms with van der Waals surface area (Å²) in [5.41, 5.74) is -0.670. The smallest absolute Gasteiger partial charge is 0.261 e. The number of rotatable bonds is 7. The van der Waals surface area contributed by atoms with Gasteiger partial charge in [0, 0.05) is 41.7 Å². The van der Waals surface area contributed by atoms with Gasteiger partial charge in [-0.15, -0.1) is 0 Å². The van der Waals surface area contributed by atoms with Crippen LogP contribution in [-0.4, -0.2) is 36.8 Å². The van der Waals surface area contributed by atoms with Gasteiger partial charge >= 0.3 is 0 Å². The monoisotopic (exact) mass is 481 g/mol. The summed E-state index contributed by atoms with van der Waals surface area (Å²) in [6.45, 7) is -0.281. The Bertz CT molecular complexity index is 1440. The molecule has 0 spiro atoms. The first-order valence-electron chi connectivity index (χ1n) is 10.4. The van der Waals surface area contributed by atoms with Gasteiger partial charge in [-0.2, -0.15) is 0 Å². The number of hydrogen-bond acceptors (Lipinski definition) is 6. The van der Waals surface area contributed by atoms with Crippen molar-refractivity contribution in [1.82, 2.24) is 9.55 Å². The van der Waals surface area contributed by atoms with Crippen molar-refractivity contribution in [2.45, 2.75) is 6.54 Å². The third kappa shape index (κ3) is 4.77. The lowest BCUT2D eigenvalue weighted by Gasteiger charge is -2.15. The van der Waals surface area contributed by atoms with Crippen LogP contribution in [0.15, 0.2) is 59.5 Å². The highest BCUT2D eigenvalue weighted by Crippen LogP contribution is 2.26. The largest absolute Gasteiger partial charge is 0.497 e. The third-order valence-electron chi connectivity index (χ3n) is 5.36. The highest BCUT2D eigenvalue weighted by Gasteiger charge is 2.20. The molecule has 180 valence electrons. The van der Waals surface area contributed by atoms with E-state index >= 15 is 0 Å². The van der Waals surface area contributed by atoms with Crippen LogP contribution in [0.1, 0.15) is 15.9 Å². The number of hydrogen-bond donors (Lipinski definition) is 1. The standard InChI is InChI=1S/C25H21F2N3O5/c1-33-15-9-14(10-16(11-15)34-2)28-25(32)18-13-30(12-17-19(26)5-4-6-20(17)27)21-7-8-22(35-3)29-23(21)24(18)31/h4-11,13H,12H2,1-3H3,(H,28,32). The molecule has 4 rings (SSSR count). The predicted molar refractivity (Wildman–Crippen MR) is 126 cm³/mol. The van der Waals surface area contributed by atoms with Gasteiger partial charge in [0.05, 0.1) is 33.4 Å². The molecular formula is C25H21F2N3O5. The lowest BCUT2D eigenvalue weighted by molar-refractivity contribution is 0.102. The number of nitrogens with zero attached hydrogens (tertiary/aromatic N) is 2. The van der Waals surface area contributed by atoms with Crippen LogP contribution < -0.4 is 25.0 Å². The van der Waals surface area contributed by atoms with Crippen LogP contribution in [-0.2, 0) is 6.54 Å². The molecule has 0 aliphatic carbocycles. The van der Waals surface area contributed by atoms with E-state index < -0.39 is 23.0 Å². The molecule has 35 heavy (non-hydrogen) atoms. The van der Waals surface area contributed by atoms with Gasteiger partial charge in [0.15, 0.2) is 0 Å². The Morgan fingerprint density at radius 1 is 0.971 bits per heavy atom. The van der Waals surface area contributed by atoms with E-state index in [9.17, 15) is 18.4 Å². The molecule has 0 unspecified atom stereocenters. The minimum Gasteiger partial charge on any atom is -0.497 e. The number of amides is 1. The molecule has 0 saturated heterocycles. The molecule has 0 bridgehead atoms. The van der Waals surface area contributed by atoms with Crippen molar-refractivity contribution in [3.63, 3.8) is 0 Å². The van der Waals surface area contributed by atoms with Crippen molar-refractivity contribution < 1.29 is 27.8 Å². The number of benzene rings is 2. The number of pyridine rings is 2. The van der Waals surface area contributed by atoms with Crippen molar-refractivity contribution in [2.75, 3.05) is 26.6 Å². The van der Waals surface area contributed by atoms with Crippen LogP contribution in [0.2, 0.25) is 0 Å². The average Bonchev–Trinajstić information content (AvgIpc) is 2.86. The van der Waals surface area contributed by atoms with Crippen molar-refractivity contribution in [2.24, 2.45) is 0 Å². The summed E-state index contributed by atoms with van der Waals surface area (Å²) < 4.78 is 45.7. The quantitative estimate of drug-likeness (QED) is 0.429. The van der Waals surface area contributed by atoms with Gasteiger partial charge in [0.25, 0.3) is 5.91 Å². The summed E-state index contributed by atoms with van der Waals surface area (Å²) in [5.74, 6) is -1.26. The highest BCUT2D eigenvalue weighted by molar-refractivity contribution is 6.05. The Morgan fingerprint density at radius 2 is 1.63 bits per heavy atom. The second-order valence-corrected chi connectivity index (χ2v) is 7.48. The van der Waals surface area contributed by atoms with Gasteiger partial charge < -0.3 is 24.1 Å². The highest BCUT2D eigenvalue weighted by atomic mass is 19.1. The van der Waals surface area contributed by atoms with Gasteiger partial charge in [-0.1, -0.05) is 6.07 Å². The van der Waals surface area contributed by atoms with Crippen molar-refractivity contribution >= 4 is 22.6 Å². The molecule has 8 nitrogen and oxygen atoms in total. The predicted octanol–water partition coefficient (Wildman–Crippen LogP) is 4.00. The molecule has 2 aromatic carbocycles. The van der Waals surface area contributed by atoms with E-state index in [-0.39, 0.29) is 34.6 Å². The molecule has 4 aromatic rings. The zero-order chi connectivity index (χ0) is 25.1. The molecule has 0 fully saturated rings. The molecule has 0 aliphatic heterocycles.